The van der Waals surface area contributed by atoms with Crippen LogP contribution in [0.4, 0.5) is 5.13 Å². The van der Waals surface area contributed by atoms with Crippen LogP contribution in [0.5, 0.6) is 0 Å². The third kappa shape index (κ3) is 1.81. The van der Waals surface area contributed by atoms with E-state index in [9.17, 15) is 0 Å². The fraction of sp³-hybridized carbons (Fsp3) is 0.750. The molecule has 0 unspecified atom stereocenters. The van der Waals surface area contributed by atoms with Crippen LogP contribution in [0.25, 0.3) is 0 Å². The first-order valence-corrected chi connectivity index (χ1v) is 5.32. The number of hydrogen-bond donors (Lipinski definition) is 1. The number of nitrogens with two attached hydrogens (primary N) is 1. The van der Waals surface area contributed by atoms with Crippen LogP contribution in [0.1, 0.15) is 12.2 Å². The van der Waals surface area contributed by atoms with Gasteiger partial charge in [-0.05, 0) is 25.8 Å². The van der Waals surface area contributed by atoms with Crippen LogP contribution >= 0.6 is 11.5 Å². The molecule has 0 radical (unpaired) electrons. The van der Waals surface area contributed by atoms with Crippen LogP contribution in [0.3, 0.4) is 0 Å². The molecule has 1 aliphatic heterocycles. The zero-order valence-electron chi connectivity index (χ0n) is 7.73. The number of anilines is 1. The molecule has 0 atom stereocenters. The Morgan fingerprint density at radius 1 is 1.62 bits per heavy atom. The van der Waals surface area contributed by atoms with E-state index in [2.05, 4.69) is 14.3 Å². The predicted octanol–water partition coefficient (Wildman–Crippen LogP) is 0.632. The van der Waals surface area contributed by atoms with Crippen molar-refractivity contribution in [1.82, 2.24) is 9.36 Å². The van der Waals surface area contributed by atoms with Crippen molar-refractivity contribution < 1.29 is 0 Å². The summed E-state index contributed by atoms with van der Waals surface area (Å²) in [6, 6.07) is 0. The Morgan fingerprint density at radius 2 is 2.38 bits per heavy atom. The molecule has 4 nitrogen and oxygen atoms in total. The summed E-state index contributed by atoms with van der Waals surface area (Å²) in [7, 11) is 0. The average molecular weight is 198 g/mol. The quantitative estimate of drug-likeness (QED) is 0.774. The number of aryl methyl sites for hydroxylation is 1. The first-order chi connectivity index (χ1) is 6.29. The second-order valence-corrected chi connectivity index (χ2v) is 4.20. The molecular formula is C8H14N4S. The summed E-state index contributed by atoms with van der Waals surface area (Å²) in [4.78, 5) is 6.60. The third-order valence-corrected chi connectivity index (χ3v) is 3.19. The molecule has 2 heterocycles. The molecular weight excluding hydrogens is 184 g/mol. The van der Waals surface area contributed by atoms with Crippen LogP contribution < -0.4 is 10.6 Å². The zero-order valence-corrected chi connectivity index (χ0v) is 8.55. The Kier molecular flexibility index (Phi) is 2.46. The topological polar surface area (TPSA) is 55.0 Å². The van der Waals surface area contributed by atoms with Gasteiger partial charge in [0, 0.05) is 24.6 Å². The van der Waals surface area contributed by atoms with E-state index < -0.39 is 0 Å². The smallest absolute Gasteiger partial charge is 0.205 e. The molecule has 13 heavy (non-hydrogen) atoms. The van der Waals surface area contributed by atoms with Crippen LogP contribution in [-0.4, -0.2) is 29.0 Å². The summed E-state index contributed by atoms with van der Waals surface area (Å²) in [5, 5.41) is 1.06. The minimum absolute atomic E-state index is 0.772. The van der Waals surface area contributed by atoms with Crippen LogP contribution in [0.15, 0.2) is 0 Å². The van der Waals surface area contributed by atoms with Gasteiger partial charge in [-0.15, -0.1) is 0 Å². The molecule has 2 rings (SSSR count). The van der Waals surface area contributed by atoms with Gasteiger partial charge in [-0.2, -0.15) is 4.37 Å². The minimum Gasteiger partial charge on any atom is -0.346 e. The van der Waals surface area contributed by atoms with E-state index in [1.54, 1.807) is 0 Å². The van der Waals surface area contributed by atoms with E-state index in [1.165, 1.54) is 11.5 Å². The van der Waals surface area contributed by atoms with Gasteiger partial charge in [0.2, 0.25) is 5.13 Å². The fourth-order valence-electron chi connectivity index (χ4n) is 1.56. The number of nitrogens with zero attached hydrogens (tertiary/aromatic N) is 3. The maximum absolute atomic E-state index is 5.48. The molecule has 0 aromatic carbocycles. The van der Waals surface area contributed by atoms with E-state index in [4.69, 9.17) is 5.73 Å². The lowest BCUT2D eigenvalue weighted by Gasteiger charge is -2.38. The van der Waals surface area contributed by atoms with E-state index in [-0.39, 0.29) is 0 Å². The van der Waals surface area contributed by atoms with Crippen molar-refractivity contribution in [3.8, 4) is 0 Å². The lowest BCUT2D eigenvalue weighted by Crippen LogP contribution is -2.47. The van der Waals surface area contributed by atoms with Crippen molar-refractivity contribution in [3.05, 3.63) is 5.82 Å². The van der Waals surface area contributed by atoms with Gasteiger partial charge in [-0.3, -0.25) is 0 Å². The third-order valence-electron chi connectivity index (χ3n) is 2.32. The van der Waals surface area contributed by atoms with E-state index >= 15 is 0 Å². The van der Waals surface area contributed by atoms with Gasteiger partial charge in [0.05, 0.1) is 0 Å². The first kappa shape index (κ1) is 8.90. The molecule has 1 aromatic heterocycles. The number of aromatic nitrogens is 2. The molecule has 1 fully saturated rings. The van der Waals surface area contributed by atoms with Gasteiger partial charge in [0.1, 0.15) is 5.82 Å². The van der Waals surface area contributed by atoms with E-state index in [0.717, 1.165) is 42.9 Å². The highest BCUT2D eigenvalue weighted by Gasteiger charge is 2.27. The number of rotatable bonds is 3. The van der Waals surface area contributed by atoms with Gasteiger partial charge in [0.25, 0.3) is 0 Å². The molecule has 0 amide bonds. The highest BCUT2D eigenvalue weighted by molar-refractivity contribution is 7.09. The van der Waals surface area contributed by atoms with Crippen molar-refractivity contribution in [2.75, 3.05) is 24.5 Å². The largest absolute Gasteiger partial charge is 0.346 e. The average Bonchev–Trinajstić information content (AvgIpc) is 2.43. The summed E-state index contributed by atoms with van der Waals surface area (Å²) in [5.41, 5.74) is 5.48. The lowest BCUT2D eigenvalue weighted by molar-refractivity contribution is 0.389. The molecule has 2 N–H and O–H groups in total. The van der Waals surface area contributed by atoms with Crippen molar-refractivity contribution >= 4 is 16.7 Å². The molecule has 1 saturated heterocycles. The van der Waals surface area contributed by atoms with Gasteiger partial charge in [-0.25, -0.2) is 4.98 Å². The molecule has 0 bridgehead atoms. The van der Waals surface area contributed by atoms with Crippen molar-refractivity contribution in [2.45, 2.75) is 13.3 Å². The Bertz CT molecular complexity index is 279. The second-order valence-electron chi connectivity index (χ2n) is 3.47. The Morgan fingerprint density at radius 3 is 2.92 bits per heavy atom. The summed E-state index contributed by atoms with van der Waals surface area (Å²) < 4.78 is 4.15. The van der Waals surface area contributed by atoms with Crippen LogP contribution in [-0.2, 0) is 0 Å². The molecule has 1 aromatic rings. The zero-order chi connectivity index (χ0) is 9.26. The monoisotopic (exact) mass is 198 g/mol. The Hall–Kier alpha value is -0.680. The summed E-state index contributed by atoms with van der Waals surface area (Å²) in [5.74, 6) is 1.65. The number of hydrogen-bond acceptors (Lipinski definition) is 5. The van der Waals surface area contributed by atoms with Gasteiger partial charge < -0.3 is 10.6 Å². The molecule has 0 saturated carbocycles. The summed E-state index contributed by atoms with van der Waals surface area (Å²) in [6.45, 7) is 4.93. The highest BCUT2D eigenvalue weighted by atomic mass is 32.1. The molecule has 0 aliphatic carbocycles. The SMILES string of the molecule is Cc1nsc(N2CC(CCN)C2)n1. The molecule has 72 valence electrons. The van der Waals surface area contributed by atoms with E-state index in [1.807, 2.05) is 6.92 Å². The second kappa shape index (κ2) is 3.59. The standard InChI is InChI=1S/C8H14N4S/c1-6-10-8(13-11-6)12-4-7(5-12)2-3-9/h7H,2-5,9H2,1H3. The summed E-state index contributed by atoms with van der Waals surface area (Å²) in [6.07, 6.45) is 1.13. The Balaban J connectivity index is 1.86. The van der Waals surface area contributed by atoms with Crippen LogP contribution in [0, 0.1) is 12.8 Å². The van der Waals surface area contributed by atoms with Gasteiger partial charge in [-0.1, -0.05) is 0 Å². The van der Waals surface area contributed by atoms with Crippen molar-refractivity contribution in [1.29, 1.82) is 0 Å². The molecule has 5 heteroatoms. The van der Waals surface area contributed by atoms with Crippen molar-refractivity contribution in [2.24, 2.45) is 11.7 Å². The normalized spacial score (nSPS) is 17.5. The predicted molar refractivity (Wildman–Crippen MR) is 54.0 cm³/mol. The van der Waals surface area contributed by atoms with Gasteiger partial charge >= 0.3 is 0 Å². The fourth-order valence-corrected chi connectivity index (χ4v) is 2.25. The molecule has 1 aliphatic rings. The molecule has 0 spiro atoms. The maximum atomic E-state index is 5.48. The Labute approximate surface area is 81.9 Å². The first-order valence-electron chi connectivity index (χ1n) is 4.55. The van der Waals surface area contributed by atoms with Gasteiger partial charge in [0.15, 0.2) is 0 Å². The van der Waals surface area contributed by atoms with Crippen LogP contribution in [0.2, 0.25) is 0 Å². The lowest BCUT2D eigenvalue weighted by atomic mass is 9.97. The summed E-state index contributed by atoms with van der Waals surface area (Å²) >= 11 is 1.49. The van der Waals surface area contributed by atoms with E-state index in [0.29, 0.717) is 0 Å². The minimum atomic E-state index is 0.772. The maximum Gasteiger partial charge on any atom is 0.205 e. The highest BCUT2D eigenvalue weighted by Crippen LogP contribution is 2.27. The van der Waals surface area contributed by atoms with Crippen molar-refractivity contribution in [3.63, 3.8) is 0 Å².